The summed E-state index contributed by atoms with van der Waals surface area (Å²) >= 11 is 6.27. The molecule has 0 radical (unpaired) electrons. The van der Waals surface area contributed by atoms with Gasteiger partial charge in [-0.1, -0.05) is 50.6 Å². The largest absolute Gasteiger partial charge is 0.245 e. The Morgan fingerprint density at radius 2 is 1.85 bits per heavy atom. The van der Waals surface area contributed by atoms with Crippen molar-refractivity contribution in [3.05, 3.63) is 47.0 Å². The molecule has 0 N–H and O–H groups in total. The van der Waals surface area contributed by atoms with Gasteiger partial charge in [-0.2, -0.15) is 5.26 Å². The molecule has 1 aromatic heterocycles. The molecular formula is C17H15ClN2. The normalized spacial score (nSPS) is 11.9. The van der Waals surface area contributed by atoms with E-state index < -0.39 is 0 Å². The summed E-state index contributed by atoms with van der Waals surface area (Å²) in [7, 11) is 0. The van der Waals surface area contributed by atoms with E-state index in [2.05, 4.69) is 39.1 Å². The summed E-state index contributed by atoms with van der Waals surface area (Å²) in [6.45, 7) is 6.56. The van der Waals surface area contributed by atoms with Crippen LogP contribution in [0, 0.1) is 11.5 Å². The Morgan fingerprint density at radius 3 is 2.50 bits per heavy atom. The van der Waals surface area contributed by atoms with Gasteiger partial charge in [0, 0.05) is 10.8 Å². The van der Waals surface area contributed by atoms with Crippen LogP contribution in [0.1, 0.15) is 26.3 Å². The fourth-order valence-corrected chi connectivity index (χ4v) is 2.86. The topological polar surface area (TPSA) is 28.7 Å². The van der Waals surface area contributed by atoms with Crippen LogP contribution in [0.2, 0.25) is 5.02 Å². The number of benzene rings is 2. The molecule has 3 aromatic rings. The molecule has 0 fully saturated rings. The Hall–Kier alpha value is -1.98. The minimum absolute atomic E-state index is 0.0772. The molecule has 0 spiro atoms. The molecule has 100 valence electrons. The predicted octanol–water partition coefficient (Wildman–Crippen LogP) is 5.07. The second kappa shape index (κ2) is 4.26. The van der Waals surface area contributed by atoms with Crippen LogP contribution in [0.5, 0.6) is 0 Å². The summed E-state index contributed by atoms with van der Waals surface area (Å²) in [6, 6.07) is 12.0. The van der Waals surface area contributed by atoms with Gasteiger partial charge in [0.25, 0.3) is 0 Å². The molecule has 0 saturated carbocycles. The first-order valence-corrected chi connectivity index (χ1v) is 6.94. The van der Waals surface area contributed by atoms with Crippen molar-refractivity contribution in [3.63, 3.8) is 0 Å². The third kappa shape index (κ3) is 1.78. The molecule has 0 saturated heterocycles. The van der Waals surface area contributed by atoms with Gasteiger partial charge in [-0.3, -0.25) is 0 Å². The fraction of sp³-hybridized carbons (Fsp3) is 0.235. The van der Waals surface area contributed by atoms with Gasteiger partial charge in [0.2, 0.25) is 0 Å². The summed E-state index contributed by atoms with van der Waals surface area (Å²) in [4.78, 5) is 0. The first kappa shape index (κ1) is 13.0. The maximum absolute atomic E-state index is 9.43. The van der Waals surface area contributed by atoms with E-state index in [9.17, 15) is 5.26 Å². The van der Waals surface area contributed by atoms with Crippen LogP contribution in [0.3, 0.4) is 0 Å². The van der Waals surface area contributed by atoms with Crippen molar-refractivity contribution in [1.29, 1.82) is 5.26 Å². The molecule has 0 aliphatic heterocycles. The van der Waals surface area contributed by atoms with Gasteiger partial charge in [-0.25, -0.2) is 4.57 Å². The molecule has 0 unspecified atom stereocenters. The van der Waals surface area contributed by atoms with E-state index in [1.165, 1.54) is 5.56 Å². The number of para-hydroxylation sites is 1. The van der Waals surface area contributed by atoms with Gasteiger partial charge in [0.15, 0.2) is 6.19 Å². The Balaban J connectivity index is 2.51. The highest BCUT2D eigenvalue weighted by molar-refractivity contribution is 6.36. The van der Waals surface area contributed by atoms with Crippen molar-refractivity contribution in [2.45, 2.75) is 26.2 Å². The van der Waals surface area contributed by atoms with Crippen molar-refractivity contribution in [2.24, 2.45) is 0 Å². The van der Waals surface area contributed by atoms with Gasteiger partial charge >= 0.3 is 0 Å². The fourth-order valence-electron chi connectivity index (χ4n) is 2.60. The van der Waals surface area contributed by atoms with Crippen molar-refractivity contribution < 1.29 is 0 Å². The molecule has 0 atom stereocenters. The molecule has 1 heterocycles. The van der Waals surface area contributed by atoms with E-state index >= 15 is 0 Å². The van der Waals surface area contributed by atoms with Gasteiger partial charge in [-0.15, -0.1) is 0 Å². The minimum atomic E-state index is 0.0772. The zero-order chi connectivity index (χ0) is 14.5. The molecule has 0 amide bonds. The molecule has 0 aliphatic rings. The Labute approximate surface area is 123 Å². The highest BCUT2D eigenvalue weighted by Crippen LogP contribution is 2.35. The summed E-state index contributed by atoms with van der Waals surface area (Å²) in [5, 5.41) is 12.1. The van der Waals surface area contributed by atoms with E-state index in [1.807, 2.05) is 24.3 Å². The minimum Gasteiger partial charge on any atom is -0.245 e. The third-order valence-electron chi connectivity index (χ3n) is 3.70. The molecule has 3 heteroatoms. The lowest BCUT2D eigenvalue weighted by Gasteiger charge is -2.18. The number of hydrogen-bond donors (Lipinski definition) is 0. The van der Waals surface area contributed by atoms with E-state index in [4.69, 9.17) is 11.6 Å². The Bertz CT molecular complexity index is 860. The van der Waals surface area contributed by atoms with E-state index in [-0.39, 0.29) is 5.41 Å². The van der Waals surface area contributed by atoms with Crippen LogP contribution >= 0.6 is 11.6 Å². The highest BCUT2D eigenvalue weighted by atomic mass is 35.5. The lowest BCUT2D eigenvalue weighted by molar-refractivity contribution is 0.591. The van der Waals surface area contributed by atoms with Crippen molar-refractivity contribution in [1.82, 2.24) is 4.57 Å². The maximum atomic E-state index is 9.43. The average Bonchev–Trinajstić information content (AvgIpc) is 2.72. The van der Waals surface area contributed by atoms with Crippen molar-refractivity contribution >= 4 is 33.4 Å². The monoisotopic (exact) mass is 282 g/mol. The summed E-state index contributed by atoms with van der Waals surface area (Å²) in [5.41, 5.74) is 3.02. The number of nitriles is 1. The number of fused-ring (bicyclic) bond motifs is 3. The zero-order valence-corrected chi connectivity index (χ0v) is 12.5. The number of halogens is 1. The smallest absolute Gasteiger partial charge is 0.189 e. The van der Waals surface area contributed by atoms with Gasteiger partial charge < -0.3 is 0 Å². The van der Waals surface area contributed by atoms with Crippen LogP contribution in [-0.2, 0) is 5.41 Å². The molecule has 2 aromatic carbocycles. The Morgan fingerprint density at radius 1 is 1.10 bits per heavy atom. The standard InChI is InChI=1S/C17H15ClN2/c1-17(2,3)11-7-8-15-13(9-11)12-5-4-6-14(18)16(12)20(15)10-19/h4-9H,1-3H3. The second-order valence-electron chi connectivity index (χ2n) is 6.05. The first-order chi connectivity index (χ1) is 9.43. The molecule has 0 aliphatic carbocycles. The quantitative estimate of drug-likeness (QED) is 0.565. The van der Waals surface area contributed by atoms with Gasteiger partial charge in [0.1, 0.15) is 0 Å². The molecular weight excluding hydrogens is 268 g/mol. The number of hydrogen-bond acceptors (Lipinski definition) is 1. The third-order valence-corrected chi connectivity index (χ3v) is 4.01. The van der Waals surface area contributed by atoms with Crippen molar-refractivity contribution in [2.75, 3.05) is 0 Å². The van der Waals surface area contributed by atoms with Gasteiger partial charge in [-0.05, 0) is 29.2 Å². The molecule has 3 rings (SSSR count). The Kier molecular flexibility index (Phi) is 2.77. The molecule has 20 heavy (non-hydrogen) atoms. The highest BCUT2D eigenvalue weighted by Gasteiger charge is 2.18. The first-order valence-electron chi connectivity index (χ1n) is 6.57. The van der Waals surface area contributed by atoms with E-state index in [0.29, 0.717) is 5.02 Å². The van der Waals surface area contributed by atoms with Crippen LogP contribution in [0.15, 0.2) is 36.4 Å². The summed E-state index contributed by atoms with van der Waals surface area (Å²) < 4.78 is 1.61. The maximum Gasteiger partial charge on any atom is 0.189 e. The van der Waals surface area contributed by atoms with E-state index in [0.717, 1.165) is 21.8 Å². The number of aromatic nitrogens is 1. The average molecular weight is 283 g/mol. The van der Waals surface area contributed by atoms with Crippen LogP contribution in [0.4, 0.5) is 0 Å². The second-order valence-corrected chi connectivity index (χ2v) is 6.46. The van der Waals surface area contributed by atoms with Crippen LogP contribution in [0.25, 0.3) is 21.8 Å². The number of nitrogens with zero attached hydrogens (tertiary/aromatic N) is 2. The summed E-state index contributed by atoms with van der Waals surface area (Å²) in [5.74, 6) is 0. The van der Waals surface area contributed by atoms with E-state index in [1.54, 1.807) is 4.57 Å². The molecule has 0 bridgehead atoms. The lowest BCUT2D eigenvalue weighted by Crippen LogP contribution is -2.10. The lowest BCUT2D eigenvalue weighted by atomic mass is 9.86. The van der Waals surface area contributed by atoms with Crippen LogP contribution < -0.4 is 0 Å². The summed E-state index contributed by atoms with van der Waals surface area (Å²) in [6.07, 6.45) is 2.22. The predicted molar refractivity (Wildman–Crippen MR) is 84.2 cm³/mol. The number of rotatable bonds is 0. The zero-order valence-electron chi connectivity index (χ0n) is 11.7. The SMILES string of the molecule is CC(C)(C)c1ccc2c(c1)c1cccc(Cl)c1n2C#N. The molecule has 2 nitrogen and oxygen atoms in total. The van der Waals surface area contributed by atoms with Crippen LogP contribution in [-0.4, -0.2) is 4.57 Å². The van der Waals surface area contributed by atoms with Crippen molar-refractivity contribution in [3.8, 4) is 6.19 Å². The van der Waals surface area contributed by atoms with Gasteiger partial charge in [0.05, 0.1) is 16.1 Å².